The normalized spacial score (nSPS) is 17.1. The van der Waals surface area contributed by atoms with Crippen molar-refractivity contribution in [2.24, 2.45) is 0 Å². The Labute approximate surface area is 108 Å². The van der Waals surface area contributed by atoms with Crippen molar-refractivity contribution in [2.45, 2.75) is 31.1 Å². The maximum atomic E-state index is 12.0. The predicted octanol–water partition coefficient (Wildman–Crippen LogP) is 2.85. The Hall–Kier alpha value is -1.02. The van der Waals surface area contributed by atoms with Gasteiger partial charge in [-0.1, -0.05) is 30.3 Å². The molecule has 0 atom stereocenters. The molecule has 0 saturated carbocycles. The van der Waals surface area contributed by atoms with Crippen LogP contribution in [0.4, 0.5) is 0 Å². The third-order valence-electron chi connectivity index (χ3n) is 3.25. The second-order valence-corrected chi connectivity index (χ2v) is 5.16. The number of carbonyl (C=O) groups is 1. The monoisotopic (exact) mass is 251 g/mol. The average Bonchev–Trinajstić information content (AvgIpc) is 2.38. The lowest BCUT2D eigenvalue weighted by Gasteiger charge is -2.29. The van der Waals surface area contributed by atoms with Gasteiger partial charge in [-0.15, -0.1) is 11.6 Å². The van der Waals surface area contributed by atoms with E-state index in [-0.39, 0.29) is 11.3 Å². The summed E-state index contributed by atoms with van der Waals surface area (Å²) >= 11 is 6.02. The van der Waals surface area contributed by atoms with E-state index >= 15 is 0 Å². The highest BCUT2D eigenvalue weighted by Crippen LogP contribution is 2.16. The summed E-state index contributed by atoms with van der Waals surface area (Å²) in [4.78, 5) is 13.9. The van der Waals surface area contributed by atoms with Gasteiger partial charge in [0.1, 0.15) is 0 Å². The molecule has 0 bridgehead atoms. The lowest BCUT2D eigenvalue weighted by Crippen LogP contribution is -2.38. The van der Waals surface area contributed by atoms with Crippen LogP contribution in [0.5, 0.6) is 0 Å². The second-order valence-electron chi connectivity index (χ2n) is 4.54. The largest absolute Gasteiger partial charge is 0.343 e. The molecule has 1 aromatic rings. The number of halogens is 1. The summed E-state index contributed by atoms with van der Waals surface area (Å²) in [7, 11) is 0. The van der Waals surface area contributed by atoms with Crippen LogP contribution in [-0.2, 0) is 11.2 Å². The fourth-order valence-corrected chi connectivity index (χ4v) is 2.35. The van der Waals surface area contributed by atoms with Crippen molar-refractivity contribution in [3.63, 3.8) is 0 Å². The van der Waals surface area contributed by atoms with Gasteiger partial charge in [0.15, 0.2) is 0 Å². The van der Waals surface area contributed by atoms with Crippen molar-refractivity contribution in [1.29, 1.82) is 0 Å². The van der Waals surface area contributed by atoms with Crippen molar-refractivity contribution in [1.82, 2.24) is 4.90 Å². The van der Waals surface area contributed by atoms with Crippen LogP contribution in [0.1, 0.15) is 24.8 Å². The van der Waals surface area contributed by atoms with Crippen LogP contribution in [0.3, 0.4) is 0 Å². The molecule has 0 aromatic heterocycles. The summed E-state index contributed by atoms with van der Waals surface area (Å²) in [5.74, 6) is 0.261. The Kier molecular flexibility index (Phi) is 4.43. The number of hydrogen-bond acceptors (Lipinski definition) is 1. The molecule has 1 amide bonds. The summed E-state index contributed by atoms with van der Waals surface area (Å²) in [6, 6.07) is 10.2. The highest BCUT2D eigenvalue weighted by atomic mass is 35.5. The summed E-state index contributed by atoms with van der Waals surface area (Å²) in [6.45, 7) is 1.64. The molecular weight excluding hydrogens is 234 g/mol. The highest BCUT2D eigenvalue weighted by Gasteiger charge is 2.20. The Morgan fingerprint density at radius 1 is 1.24 bits per heavy atom. The number of carbonyl (C=O) groups excluding carboxylic acids is 1. The van der Waals surface area contributed by atoms with Gasteiger partial charge < -0.3 is 4.90 Å². The molecule has 1 saturated heterocycles. The summed E-state index contributed by atoms with van der Waals surface area (Å²) in [5, 5.41) is 0.258. The van der Waals surface area contributed by atoms with Gasteiger partial charge in [-0.2, -0.15) is 0 Å². The summed E-state index contributed by atoms with van der Waals surface area (Å²) < 4.78 is 0. The highest BCUT2D eigenvalue weighted by molar-refractivity contribution is 6.20. The van der Waals surface area contributed by atoms with E-state index in [1.807, 2.05) is 23.1 Å². The standard InChI is InChI=1S/C14H18ClNO/c15-13-8-10-16(11-9-13)14(17)7-6-12-4-2-1-3-5-12/h1-5,13H,6-11H2. The third kappa shape index (κ3) is 3.74. The zero-order valence-electron chi connectivity index (χ0n) is 9.94. The molecule has 0 aliphatic carbocycles. The van der Waals surface area contributed by atoms with Gasteiger partial charge in [0.25, 0.3) is 0 Å². The first-order chi connectivity index (χ1) is 8.25. The van der Waals surface area contributed by atoms with E-state index in [0.717, 1.165) is 32.4 Å². The fourth-order valence-electron chi connectivity index (χ4n) is 2.15. The van der Waals surface area contributed by atoms with E-state index in [1.54, 1.807) is 0 Å². The molecular formula is C14H18ClNO. The molecule has 0 unspecified atom stereocenters. The lowest BCUT2D eigenvalue weighted by atomic mass is 10.1. The molecule has 1 aliphatic heterocycles. The van der Waals surface area contributed by atoms with Crippen molar-refractivity contribution in [2.75, 3.05) is 13.1 Å². The quantitative estimate of drug-likeness (QED) is 0.757. The van der Waals surface area contributed by atoms with Gasteiger partial charge in [-0.3, -0.25) is 4.79 Å². The van der Waals surface area contributed by atoms with E-state index in [9.17, 15) is 4.79 Å². The molecule has 2 nitrogen and oxygen atoms in total. The SMILES string of the molecule is O=C(CCc1ccccc1)N1CCC(Cl)CC1. The fraction of sp³-hybridized carbons (Fsp3) is 0.500. The molecule has 1 fully saturated rings. The van der Waals surface area contributed by atoms with E-state index in [2.05, 4.69) is 12.1 Å². The smallest absolute Gasteiger partial charge is 0.222 e. The summed E-state index contributed by atoms with van der Waals surface area (Å²) in [5.41, 5.74) is 1.23. The van der Waals surface area contributed by atoms with Gasteiger partial charge in [-0.05, 0) is 24.8 Å². The number of amides is 1. The van der Waals surface area contributed by atoms with E-state index < -0.39 is 0 Å². The Bertz CT molecular complexity index is 358. The van der Waals surface area contributed by atoms with Crippen LogP contribution in [0.25, 0.3) is 0 Å². The number of benzene rings is 1. The Morgan fingerprint density at radius 2 is 1.88 bits per heavy atom. The second kappa shape index (κ2) is 6.06. The first kappa shape index (κ1) is 12.4. The number of nitrogens with zero attached hydrogens (tertiary/aromatic N) is 1. The molecule has 1 aromatic carbocycles. The number of alkyl halides is 1. The van der Waals surface area contributed by atoms with Gasteiger partial charge in [0.2, 0.25) is 5.91 Å². The maximum absolute atomic E-state index is 12.0. The van der Waals surface area contributed by atoms with Gasteiger partial charge in [-0.25, -0.2) is 0 Å². The van der Waals surface area contributed by atoms with Crippen molar-refractivity contribution in [3.8, 4) is 0 Å². The number of hydrogen-bond donors (Lipinski definition) is 0. The number of likely N-dealkylation sites (tertiary alicyclic amines) is 1. The predicted molar refractivity (Wildman–Crippen MR) is 70.2 cm³/mol. The van der Waals surface area contributed by atoms with Crippen LogP contribution in [0.15, 0.2) is 30.3 Å². The molecule has 3 heteroatoms. The zero-order valence-corrected chi connectivity index (χ0v) is 10.7. The van der Waals surface area contributed by atoms with Gasteiger partial charge >= 0.3 is 0 Å². The molecule has 17 heavy (non-hydrogen) atoms. The summed E-state index contributed by atoms with van der Waals surface area (Å²) in [6.07, 6.45) is 3.30. The first-order valence-corrected chi connectivity index (χ1v) is 6.65. The molecule has 0 spiro atoms. The Morgan fingerprint density at radius 3 is 2.53 bits per heavy atom. The minimum Gasteiger partial charge on any atom is -0.343 e. The molecule has 92 valence electrons. The molecule has 2 rings (SSSR count). The van der Waals surface area contributed by atoms with Gasteiger partial charge in [0.05, 0.1) is 0 Å². The molecule has 1 aliphatic rings. The van der Waals surface area contributed by atoms with Crippen LogP contribution in [0.2, 0.25) is 0 Å². The minimum atomic E-state index is 0.258. The van der Waals surface area contributed by atoms with Crippen molar-refractivity contribution in [3.05, 3.63) is 35.9 Å². The third-order valence-corrected chi connectivity index (χ3v) is 3.68. The zero-order chi connectivity index (χ0) is 12.1. The Balaban J connectivity index is 1.78. The molecule has 0 N–H and O–H groups in total. The van der Waals surface area contributed by atoms with E-state index in [0.29, 0.717) is 6.42 Å². The molecule has 1 heterocycles. The molecule has 0 radical (unpaired) electrons. The van der Waals surface area contributed by atoms with Crippen LogP contribution in [-0.4, -0.2) is 29.3 Å². The van der Waals surface area contributed by atoms with Crippen LogP contribution >= 0.6 is 11.6 Å². The van der Waals surface area contributed by atoms with Gasteiger partial charge in [0, 0.05) is 24.9 Å². The maximum Gasteiger partial charge on any atom is 0.222 e. The lowest BCUT2D eigenvalue weighted by molar-refractivity contribution is -0.131. The topological polar surface area (TPSA) is 20.3 Å². The first-order valence-electron chi connectivity index (χ1n) is 6.21. The number of piperidine rings is 1. The number of rotatable bonds is 3. The van der Waals surface area contributed by atoms with Crippen molar-refractivity contribution >= 4 is 17.5 Å². The van der Waals surface area contributed by atoms with E-state index in [4.69, 9.17) is 11.6 Å². The van der Waals surface area contributed by atoms with Crippen LogP contribution < -0.4 is 0 Å². The average molecular weight is 252 g/mol. The number of aryl methyl sites for hydroxylation is 1. The van der Waals surface area contributed by atoms with Crippen molar-refractivity contribution < 1.29 is 4.79 Å². The van der Waals surface area contributed by atoms with E-state index in [1.165, 1.54) is 5.56 Å². The van der Waals surface area contributed by atoms with Crippen LogP contribution in [0, 0.1) is 0 Å². The minimum absolute atomic E-state index is 0.258.